The van der Waals surface area contributed by atoms with Gasteiger partial charge < -0.3 is 10.7 Å². The summed E-state index contributed by atoms with van der Waals surface area (Å²) in [6.45, 7) is 0. The van der Waals surface area contributed by atoms with Crippen LogP contribution in [0.25, 0.3) is 0 Å². The van der Waals surface area contributed by atoms with Crippen LogP contribution in [0.2, 0.25) is 0 Å². The van der Waals surface area contributed by atoms with Crippen molar-refractivity contribution in [3.8, 4) is 0 Å². The molecule has 1 aromatic heterocycles. The number of guanidine groups is 1. The van der Waals surface area contributed by atoms with Gasteiger partial charge in [-0.25, -0.2) is 4.99 Å². The van der Waals surface area contributed by atoms with Crippen LogP contribution in [0, 0.1) is 0 Å². The number of pyridine rings is 1. The molecule has 6 heteroatoms. The van der Waals surface area contributed by atoms with E-state index in [1.807, 2.05) is 12.1 Å². The number of aliphatic imine (C=N–C) groups is 1. The molecule has 1 aromatic carbocycles. The molecule has 0 unspecified atom stereocenters. The van der Waals surface area contributed by atoms with Gasteiger partial charge in [0.05, 0.1) is 5.92 Å². The number of carbonyl (C=O) groups excluding carboxylic acids is 1. The minimum absolute atomic E-state index is 0.124. The summed E-state index contributed by atoms with van der Waals surface area (Å²) in [6.07, 6.45) is 4.04. The van der Waals surface area contributed by atoms with E-state index in [1.54, 1.807) is 13.2 Å². The molecule has 0 radical (unpaired) electrons. The SMILES string of the molecule is CN1C(=O)[C@H](c2ccc(C3CC3)cc2)[C@@H](c2cc(=O)cc[nH]2)N=C1N. The van der Waals surface area contributed by atoms with E-state index < -0.39 is 12.0 Å². The van der Waals surface area contributed by atoms with E-state index in [0.29, 0.717) is 11.6 Å². The molecule has 0 saturated heterocycles. The summed E-state index contributed by atoms with van der Waals surface area (Å²) >= 11 is 0. The molecule has 1 aliphatic heterocycles. The predicted molar refractivity (Wildman–Crippen MR) is 95.4 cm³/mol. The van der Waals surface area contributed by atoms with E-state index in [-0.39, 0.29) is 17.3 Å². The first-order chi connectivity index (χ1) is 12.0. The number of hydrogen-bond donors (Lipinski definition) is 2. The number of likely N-dealkylation sites (N-methyl/N-ethyl adjacent to an activating group) is 1. The summed E-state index contributed by atoms with van der Waals surface area (Å²) in [5.41, 5.74) is 8.57. The third-order valence-corrected chi connectivity index (χ3v) is 4.99. The van der Waals surface area contributed by atoms with Crippen LogP contribution in [-0.2, 0) is 4.79 Å². The Bertz CT molecular complexity index is 896. The second-order valence-electron chi connectivity index (χ2n) is 6.73. The highest BCUT2D eigenvalue weighted by atomic mass is 16.2. The number of nitrogens with two attached hydrogens (primary N) is 1. The van der Waals surface area contributed by atoms with Crippen molar-refractivity contribution < 1.29 is 4.79 Å². The molecular formula is C19H20N4O2. The second kappa shape index (κ2) is 5.88. The molecule has 1 aliphatic carbocycles. The minimum atomic E-state index is -0.538. The fraction of sp³-hybridized carbons (Fsp3) is 0.316. The molecule has 1 amide bonds. The van der Waals surface area contributed by atoms with E-state index in [0.717, 1.165) is 5.56 Å². The number of amides is 1. The first kappa shape index (κ1) is 15.6. The minimum Gasteiger partial charge on any atom is -0.369 e. The molecular weight excluding hydrogens is 316 g/mol. The lowest BCUT2D eigenvalue weighted by Crippen LogP contribution is -2.47. The summed E-state index contributed by atoms with van der Waals surface area (Å²) in [5, 5.41) is 0. The summed E-state index contributed by atoms with van der Waals surface area (Å²) in [6, 6.07) is 10.5. The van der Waals surface area contributed by atoms with Crippen molar-refractivity contribution in [3.05, 3.63) is 69.6 Å². The Balaban J connectivity index is 1.78. The molecule has 25 heavy (non-hydrogen) atoms. The van der Waals surface area contributed by atoms with Crippen LogP contribution < -0.4 is 11.2 Å². The molecule has 0 bridgehead atoms. The molecule has 4 rings (SSSR count). The fourth-order valence-electron chi connectivity index (χ4n) is 3.36. The van der Waals surface area contributed by atoms with Crippen LogP contribution in [0.15, 0.2) is 52.4 Å². The van der Waals surface area contributed by atoms with Crippen LogP contribution in [0.4, 0.5) is 0 Å². The Labute approximate surface area is 145 Å². The van der Waals surface area contributed by atoms with Crippen LogP contribution in [0.5, 0.6) is 0 Å². The van der Waals surface area contributed by atoms with Crippen molar-refractivity contribution in [2.45, 2.75) is 30.7 Å². The highest BCUT2D eigenvalue weighted by Gasteiger charge is 2.38. The topological polar surface area (TPSA) is 91.5 Å². The number of carbonyl (C=O) groups is 1. The first-order valence-corrected chi connectivity index (χ1v) is 8.44. The van der Waals surface area contributed by atoms with Crippen LogP contribution in [0.1, 0.15) is 47.5 Å². The van der Waals surface area contributed by atoms with Crippen molar-refractivity contribution in [1.82, 2.24) is 9.88 Å². The van der Waals surface area contributed by atoms with Crippen LogP contribution in [-0.4, -0.2) is 28.8 Å². The highest BCUT2D eigenvalue weighted by molar-refractivity contribution is 6.01. The molecule has 1 fully saturated rings. The summed E-state index contributed by atoms with van der Waals surface area (Å²) in [7, 11) is 1.62. The molecule has 2 aromatic rings. The molecule has 2 atom stereocenters. The monoisotopic (exact) mass is 336 g/mol. The number of H-pyrrole nitrogens is 1. The van der Waals surface area contributed by atoms with Crippen molar-refractivity contribution in [1.29, 1.82) is 0 Å². The highest BCUT2D eigenvalue weighted by Crippen LogP contribution is 2.42. The lowest BCUT2D eigenvalue weighted by atomic mass is 9.86. The van der Waals surface area contributed by atoms with Gasteiger partial charge in [0, 0.05) is 31.1 Å². The molecule has 3 N–H and O–H groups in total. The summed E-state index contributed by atoms with van der Waals surface area (Å²) in [5.74, 6) is 0.184. The van der Waals surface area contributed by atoms with Crippen LogP contribution in [0.3, 0.4) is 0 Å². The van der Waals surface area contributed by atoms with Gasteiger partial charge in [0.1, 0.15) is 6.04 Å². The number of aromatic nitrogens is 1. The third-order valence-electron chi connectivity index (χ3n) is 4.99. The third kappa shape index (κ3) is 2.84. The molecule has 128 valence electrons. The predicted octanol–water partition coefficient (Wildman–Crippen LogP) is 1.86. The largest absolute Gasteiger partial charge is 0.369 e. The van der Waals surface area contributed by atoms with E-state index in [9.17, 15) is 9.59 Å². The Morgan fingerprint density at radius 3 is 2.44 bits per heavy atom. The average Bonchev–Trinajstić information content (AvgIpc) is 3.45. The number of aromatic amines is 1. The maximum absolute atomic E-state index is 12.9. The van der Waals surface area contributed by atoms with Crippen molar-refractivity contribution in [3.63, 3.8) is 0 Å². The number of benzene rings is 1. The average molecular weight is 336 g/mol. The second-order valence-corrected chi connectivity index (χ2v) is 6.73. The molecule has 1 saturated carbocycles. The maximum atomic E-state index is 12.9. The summed E-state index contributed by atoms with van der Waals surface area (Å²) < 4.78 is 0. The molecule has 0 spiro atoms. The van der Waals surface area contributed by atoms with E-state index in [4.69, 9.17) is 5.73 Å². The lowest BCUT2D eigenvalue weighted by molar-refractivity contribution is -0.129. The Morgan fingerprint density at radius 2 is 1.80 bits per heavy atom. The van der Waals surface area contributed by atoms with Crippen molar-refractivity contribution in [2.24, 2.45) is 10.7 Å². The summed E-state index contributed by atoms with van der Waals surface area (Å²) in [4.78, 5) is 33.5. The first-order valence-electron chi connectivity index (χ1n) is 8.44. The number of hydrogen-bond acceptors (Lipinski definition) is 4. The number of nitrogens with zero attached hydrogens (tertiary/aromatic N) is 2. The zero-order valence-electron chi connectivity index (χ0n) is 14.0. The standard InChI is InChI=1S/C19H20N4O2/c1-23-18(25)16(13-6-4-12(5-7-13)11-2-3-11)17(22-19(23)20)15-10-14(24)8-9-21-15/h4-11,16-17H,2-3H2,1H3,(H2,20,22)(H,21,24)/t16-,17-/m1/s1. The number of rotatable bonds is 3. The van der Waals surface area contributed by atoms with E-state index in [2.05, 4.69) is 22.1 Å². The Kier molecular flexibility index (Phi) is 3.67. The van der Waals surface area contributed by atoms with Gasteiger partial charge in [-0.05, 0) is 29.9 Å². The van der Waals surface area contributed by atoms with E-state index in [1.165, 1.54) is 35.4 Å². The van der Waals surface area contributed by atoms with Crippen molar-refractivity contribution >= 4 is 11.9 Å². The van der Waals surface area contributed by atoms with Gasteiger partial charge in [0.2, 0.25) is 5.91 Å². The van der Waals surface area contributed by atoms with E-state index >= 15 is 0 Å². The maximum Gasteiger partial charge on any atom is 0.239 e. The van der Waals surface area contributed by atoms with Gasteiger partial charge in [-0.3, -0.25) is 14.5 Å². The lowest BCUT2D eigenvalue weighted by Gasteiger charge is -2.33. The normalized spacial score (nSPS) is 23.5. The van der Waals surface area contributed by atoms with Gasteiger partial charge in [0.25, 0.3) is 0 Å². The van der Waals surface area contributed by atoms with Gasteiger partial charge in [-0.1, -0.05) is 24.3 Å². The van der Waals surface area contributed by atoms with Gasteiger partial charge >= 0.3 is 0 Å². The molecule has 2 aliphatic rings. The quantitative estimate of drug-likeness (QED) is 0.896. The Morgan fingerprint density at radius 1 is 1.12 bits per heavy atom. The zero-order valence-corrected chi connectivity index (χ0v) is 14.0. The number of nitrogens with one attached hydrogen (secondary N) is 1. The molecule has 6 nitrogen and oxygen atoms in total. The van der Waals surface area contributed by atoms with Gasteiger partial charge in [-0.15, -0.1) is 0 Å². The van der Waals surface area contributed by atoms with Gasteiger partial charge in [-0.2, -0.15) is 0 Å². The smallest absolute Gasteiger partial charge is 0.239 e. The van der Waals surface area contributed by atoms with Gasteiger partial charge in [0.15, 0.2) is 11.4 Å². The fourth-order valence-corrected chi connectivity index (χ4v) is 3.36. The zero-order chi connectivity index (χ0) is 17.6. The van der Waals surface area contributed by atoms with Crippen LogP contribution >= 0.6 is 0 Å². The van der Waals surface area contributed by atoms with Crippen molar-refractivity contribution in [2.75, 3.05) is 7.05 Å². The Hall–Kier alpha value is -2.89. The molecule has 2 heterocycles.